The number of hydrogen-bond donors (Lipinski definition) is 2. The van der Waals surface area contributed by atoms with Crippen molar-refractivity contribution in [3.8, 4) is 0 Å². The molecule has 1 aliphatic heterocycles. The third-order valence-electron chi connectivity index (χ3n) is 3.79. The topological polar surface area (TPSA) is 37.0 Å². The minimum atomic E-state index is -0.215. The van der Waals surface area contributed by atoms with Gasteiger partial charge >= 0.3 is 0 Å². The molecular formula is C18H20FN3. The summed E-state index contributed by atoms with van der Waals surface area (Å²) in [7, 11) is 0. The highest BCUT2D eigenvalue weighted by Crippen LogP contribution is 2.22. The zero-order chi connectivity index (χ0) is 15.5. The molecule has 0 saturated heterocycles. The molecule has 0 radical (unpaired) electrons. The Bertz CT molecular complexity index is 709. The van der Waals surface area contributed by atoms with Crippen LogP contribution >= 0.6 is 0 Å². The van der Waals surface area contributed by atoms with Crippen LogP contribution in [0.1, 0.15) is 23.6 Å². The van der Waals surface area contributed by atoms with Crippen molar-refractivity contribution in [2.75, 3.05) is 11.9 Å². The maximum Gasteiger partial charge on any atom is 0.130 e. The van der Waals surface area contributed by atoms with Crippen LogP contribution in [0.25, 0.3) is 0 Å². The second-order valence-electron chi connectivity index (χ2n) is 5.83. The summed E-state index contributed by atoms with van der Waals surface area (Å²) in [6.07, 6.45) is 3.48. The second-order valence-corrected chi connectivity index (χ2v) is 5.83. The Kier molecular flexibility index (Phi) is 4.20. The van der Waals surface area contributed by atoms with Gasteiger partial charge in [0.25, 0.3) is 0 Å². The van der Waals surface area contributed by atoms with Gasteiger partial charge in [0, 0.05) is 18.4 Å². The van der Waals surface area contributed by atoms with E-state index in [1.807, 2.05) is 25.3 Å². The maximum absolute atomic E-state index is 14.1. The number of rotatable bonds is 4. The van der Waals surface area contributed by atoms with Crippen LogP contribution in [0.15, 0.2) is 42.6 Å². The van der Waals surface area contributed by atoms with Crippen molar-refractivity contribution in [2.45, 2.75) is 26.3 Å². The van der Waals surface area contributed by atoms with Crippen LogP contribution in [0.2, 0.25) is 0 Å². The molecule has 0 amide bonds. The molecule has 1 aliphatic rings. The Balaban J connectivity index is 1.78. The fourth-order valence-corrected chi connectivity index (χ4v) is 2.67. The fraction of sp³-hybridized carbons (Fsp3) is 0.278. The van der Waals surface area contributed by atoms with Gasteiger partial charge in [0.05, 0.1) is 0 Å². The molecule has 3 rings (SSSR count). The van der Waals surface area contributed by atoms with Gasteiger partial charge in [-0.1, -0.05) is 18.2 Å². The van der Waals surface area contributed by atoms with E-state index < -0.39 is 0 Å². The molecule has 0 saturated carbocycles. The Morgan fingerprint density at radius 1 is 1.36 bits per heavy atom. The number of aromatic nitrogens is 1. The molecule has 2 heterocycles. The van der Waals surface area contributed by atoms with E-state index in [0.717, 1.165) is 30.9 Å². The summed E-state index contributed by atoms with van der Waals surface area (Å²) in [5, 5.41) is 6.52. The molecule has 0 aliphatic carbocycles. The van der Waals surface area contributed by atoms with Crippen LogP contribution in [0, 0.1) is 5.82 Å². The molecule has 114 valence electrons. The second kappa shape index (κ2) is 6.28. The number of nitrogens with one attached hydrogen (secondary N) is 2. The number of benzene rings is 1. The first-order valence-corrected chi connectivity index (χ1v) is 7.50. The molecule has 0 spiro atoms. The smallest absolute Gasteiger partial charge is 0.130 e. The van der Waals surface area contributed by atoms with Crippen molar-refractivity contribution in [2.24, 2.45) is 0 Å². The van der Waals surface area contributed by atoms with Gasteiger partial charge in [0.1, 0.15) is 11.6 Å². The van der Waals surface area contributed by atoms with Crippen LogP contribution in [0.5, 0.6) is 0 Å². The van der Waals surface area contributed by atoms with Crippen LogP contribution in [-0.4, -0.2) is 11.5 Å². The SMILES string of the molecule is C=C(C)Cc1ccc(Nc2cc3c(cn2)CCNC3)cc1F. The summed E-state index contributed by atoms with van der Waals surface area (Å²) in [6.45, 7) is 7.58. The van der Waals surface area contributed by atoms with Crippen molar-refractivity contribution in [3.05, 3.63) is 65.1 Å². The van der Waals surface area contributed by atoms with Gasteiger partial charge in [-0.2, -0.15) is 0 Å². The zero-order valence-corrected chi connectivity index (χ0v) is 12.7. The van der Waals surface area contributed by atoms with E-state index in [1.54, 1.807) is 6.07 Å². The van der Waals surface area contributed by atoms with E-state index >= 15 is 0 Å². The Labute approximate surface area is 130 Å². The van der Waals surface area contributed by atoms with Crippen molar-refractivity contribution < 1.29 is 4.39 Å². The molecule has 1 aromatic carbocycles. The largest absolute Gasteiger partial charge is 0.340 e. The Morgan fingerprint density at radius 2 is 2.23 bits per heavy atom. The number of hydrogen-bond acceptors (Lipinski definition) is 3. The molecule has 22 heavy (non-hydrogen) atoms. The highest BCUT2D eigenvalue weighted by atomic mass is 19.1. The van der Waals surface area contributed by atoms with Crippen molar-refractivity contribution in [3.63, 3.8) is 0 Å². The van der Waals surface area contributed by atoms with E-state index in [-0.39, 0.29) is 5.82 Å². The van der Waals surface area contributed by atoms with Crippen LogP contribution < -0.4 is 10.6 Å². The molecule has 0 bridgehead atoms. The normalized spacial score (nSPS) is 13.5. The average molecular weight is 297 g/mol. The fourth-order valence-electron chi connectivity index (χ4n) is 2.67. The highest BCUT2D eigenvalue weighted by Gasteiger charge is 2.10. The van der Waals surface area contributed by atoms with Crippen molar-refractivity contribution in [1.82, 2.24) is 10.3 Å². The average Bonchev–Trinajstić information content (AvgIpc) is 2.49. The number of anilines is 2. The van der Waals surface area contributed by atoms with E-state index in [2.05, 4.69) is 22.2 Å². The van der Waals surface area contributed by atoms with Crippen molar-refractivity contribution in [1.29, 1.82) is 0 Å². The lowest BCUT2D eigenvalue weighted by molar-refractivity contribution is 0.614. The zero-order valence-electron chi connectivity index (χ0n) is 12.7. The van der Waals surface area contributed by atoms with Crippen LogP contribution in [0.4, 0.5) is 15.9 Å². The van der Waals surface area contributed by atoms with Gasteiger partial charge in [-0.3, -0.25) is 0 Å². The minimum absolute atomic E-state index is 0.215. The van der Waals surface area contributed by atoms with Gasteiger partial charge in [-0.05, 0) is 61.2 Å². The molecule has 1 aromatic heterocycles. The third kappa shape index (κ3) is 3.34. The first kappa shape index (κ1) is 14.7. The number of halogens is 1. The van der Waals surface area contributed by atoms with Crippen LogP contribution in [-0.2, 0) is 19.4 Å². The molecule has 2 aromatic rings. The Morgan fingerprint density at radius 3 is 3.00 bits per heavy atom. The van der Waals surface area contributed by atoms with E-state index in [9.17, 15) is 4.39 Å². The summed E-state index contributed by atoms with van der Waals surface area (Å²) < 4.78 is 14.1. The van der Waals surface area contributed by atoms with Crippen molar-refractivity contribution >= 4 is 11.5 Å². The summed E-state index contributed by atoms with van der Waals surface area (Å²) in [5.74, 6) is 0.530. The summed E-state index contributed by atoms with van der Waals surface area (Å²) in [5.41, 5.74) is 4.86. The molecule has 0 unspecified atom stereocenters. The summed E-state index contributed by atoms with van der Waals surface area (Å²) in [4.78, 5) is 4.41. The molecular weight excluding hydrogens is 277 g/mol. The first-order chi connectivity index (χ1) is 10.6. The molecule has 0 atom stereocenters. The maximum atomic E-state index is 14.1. The van der Waals surface area contributed by atoms with E-state index in [1.165, 1.54) is 17.2 Å². The predicted molar refractivity (Wildman–Crippen MR) is 87.8 cm³/mol. The lowest BCUT2D eigenvalue weighted by atomic mass is 10.0. The summed E-state index contributed by atoms with van der Waals surface area (Å²) in [6, 6.07) is 7.21. The lowest BCUT2D eigenvalue weighted by Gasteiger charge is -2.17. The van der Waals surface area contributed by atoms with Gasteiger partial charge in [-0.25, -0.2) is 9.37 Å². The van der Waals surface area contributed by atoms with Gasteiger partial charge in [-0.15, -0.1) is 0 Å². The van der Waals surface area contributed by atoms with E-state index in [4.69, 9.17) is 0 Å². The summed E-state index contributed by atoms with van der Waals surface area (Å²) >= 11 is 0. The highest BCUT2D eigenvalue weighted by molar-refractivity contribution is 5.58. The molecule has 3 nitrogen and oxygen atoms in total. The lowest BCUT2D eigenvalue weighted by Crippen LogP contribution is -2.23. The Hall–Kier alpha value is -2.20. The van der Waals surface area contributed by atoms with Gasteiger partial charge in [0.2, 0.25) is 0 Å². The third-order valence-corrected chi connectivity index (χ3v) is 3.79. The van der Waals surface area contributed by atoms with Gasteiger partial charge < -0.3 is 10.6 Å². The number of nitrogens with zero attached hydrogens (tertiary/aromatic N) is 1. The minimum Gasteiger partial charge on any atom is -0.340 e. The van der Waals surface area contributed by atoms with E-state index in [0.29, 0.717) is 17.7 Å². The van der Waals surface area contributed by atoms with Gasteiger partial charge in [0.15, 0.2) is 0 Å². The quantitative estimate of drug-likeness (QED) is 0.844. The first-order valence-electron chi connectivity index (χ1n) is 7.50. The standard InChI is InChI=1S/C18H20FN3/c1-12(2)7-13-3-4-16(9-17(13)19)22-18-8-15-10-20-6-5-14(15)11-21-18/h3-4,8-9,11,20H,1,5-7,10H2,2H3,(H,21,22). The molecule has 4 heteroatoms. The number of fused-ring (bicyclic) bond motifs is 1. The monoisotopic (exact) mass is 297 g/mol. The number of pyridine rings is 1. The van der Waals surface area contributed by atoms with Crippen LogP contribution in [0.3, 0.4) is 0 Å². The predicted octanol–water partition coefficient (Wildman–Crippen LogP) is 3.73. The molecule has 2 N–H and O–H groups in total. The number of allylic oxidation sites excluding steroid dienone is 1. The molecule has 0 fully saturated rings.